The predicted octanol–water partition coefficient (Wildman–Crippen LogP) is 5.26. The molecule has 1 N–H and O–H groups in total. The van der Waals surface area contributed by atoms with Crippen molar-refractivity contribution in [2.24, 2.45) is 0 Å². The number of hydrogen-bond acceptors (Lipinski definition) is 3. The molecule has 122 valence electrons. The molecule has 1 heterocycles. The molecule has 2 rings (SSSR count). The van der Waals surface area contributed by atoms with E-state index in [2.05, 4.69) is 26.2 Å². The van der Waals surface area contributed by atoms with Gasteiger partial charge in [-0.15, -0.1) is 0 Å². The Kier molecular flexibility index (Phi) is 6.69. The van der Waals surface area contributed by atoms with Gasteiger partial charge in [0.1, 0.15) is 11.6 Å². The number of pyridine rings is 1. The number of carbonyl (C=O) groups excluding carboxylic acids is 1. The molecule has 0 saturated carbocycles. The van der Waals surface area contributed by atoms with E-state index in [0.717, 1.165) is 10.0 Å². The van der Waals surface area contributed by atoms with Gasteiger partial charge in [0, 0.05) is 22.1 Å². The van der Waals surface area contributed by atoms with Gasteiger partial charge in [-0.1, -0.05) is 23.2 Å². The molecule has 1 amide bonds. The van der Waals surface area contributed by atoms with Crippen LogP contribution in [0.1, 0.15) is 18.4 Å². The normalized spacial score (nSPS) is 10.4. The van der Waals surface area contributed by atoms with Gasteiger partial charge < -0.3 is 10.1 Å². The van der Waals surface area contributed by atoms with Gasteiger partial charge in [-0.05, 0) is 59.1 Å². The molecule has 4 nitrogen and oxygen atoms in total. The zero-order valence-corrected chi connectivity index (χ0v) is 15.5. The summed E-state index contributed by atoms with van der Waals surface area (Å²) < 4.78 is 6.44. The number of hydrogen-bond donors (Lipinski definition) is 1. The lowest BCUT2D eigenvalue weighted by molar-refractivity contribution is -0.116. The highest BCUT2D eigenvalue weighted by molar-refractivity contribution is 9.10. The van der Waals surface area contributed by atoms with E-state index >= 15 is 0 Å². The first-order valence-electron chi connectivity index (χ1n) is 6.95. The summed E-state index contributed by atoms with van der Waals surface area (Å²) in [5.41, 5.74) is 1.01. The van der Waals surface area contributed by atoms with Crippen molar-refractivity contribution in [1.29, 1.82) is 0 Å². The average molecular weight is 418 g/mol. The fraction of sp³-hybridized carbons (Fsp3) is 0.250. The van der Waals surface area contributed by atoms with Crippen molar-refractivity contribution in [2.45, 2.75) is 19.8 Å². The molecular weight excluding hydrogens is 403 g/mol. The minimum absolute atomic E-state index is 0.106. The fourth-order valence-electron chi connectivity index (χ4n) is 1.82. The molecule has 0 aliphatic rings. The van der Waals surface area contributed by atoms with E-state index in [0.29, 0.717) is 41.1 Å². The maximum Gasteiger partial charge on any atom is 0.225 e. The highest BCUT2D eigenvalue weighted by Gasteiger charge is 2.06. The van der Waals surface area contributed by atoms with Gasteiger partial charge >= 0.3 is 0 Å². The highest BCUT2D eigenvalue weighted by Crippen LogP contribution is 2.27. The van der Waals surface area contributed by atoms with Crippen LogP contribution in [0.3, 0.4) is 0 Å². The quantitative estimate of drug-likeness (QED) is 0.652. The van der Waals surface area contributed by atoms with Crippen LogP contribution in [0.25, 0.3) is 0 Å². The van der Waals surface area contributed by atoms with Crippen molar-refractivity contribution in [1.82, 2.24) is 4.98 Å². The molecule has 0 bridgehead atoms. The summed E-state index contributed by atoms with van der Waals surface area (Å²) in [6, 6.07) is 6.84. The van der Waals surface area contributed by atoms with Crippen molar-refractivity contribution in [2.75, 3.05) is 11.9 Å². The number of nitrogens with zero attached hydrogens (tertiary/aromatic N) is 1. The second-order valence-electron chi connectivity index (χ2n) is 4.89. The van der Waals surface area contributed by atoms with Crippen molar-refractivity contribution >= 4 is 50.9 Å². The van der Waals surface area contributed by atoms with E-state index in [1.165, 1.54) is 0 Å². The first-order valence-corrected chi connectivity index (χ1v) is 8.50. The number of ether oxygens (including phenoxy) is 1. The van der Waals surface area contributed by atoms with Gasteiger partial charge in [0.25, 0.3) is 0 Å². The summed E-state index contributed by atoms with van der Waals surface area (Å²) in [6.45, 7) is 2.33. The zero-order valence-electron chi connectivity index (χ0n) is 12.4. The van der Waals surface area contributed by atoms with Crippen molar-refractivity contribution in [3.8, 4) is 5.75 Å². The molecule has 0 aliphatic carbocycles. The number of carbonyl (C=O) groups is 1. The third-order valence-corrected chi connectivity index (χ3v) is 4.37. The molecule has 23 heavy (non-hydrogen) atoms. The van der Waals surface area contributed by atoms with Crippen molar-refractivity contribution < 1.29 is 9.53 Å². The number of benzene rings is 1. The smallest absolute Gasteiger partial charge is 0.225 e. The standard InChI is InChI=1S/C16H15BrCl2N2O2/c1-10-7-15(20-9-12(10)17)21-16(22)3-2-6-23-14-5-4-11(18)8-13(14)19/h4-5,7-9H,2-3,6H2,1H3,(H,20,21,22). The topological polar surface area (TPSA) is 51.2 Å². The molecule has 0 saturated heterocycles. The Labute approximate surface area is 153 Å². The molecule has 0 fully saturated rings. The number of rotatable bonds is 6. The second-order valence-corrected chi connectivity index (χ2v) is 6.59. The molecule has 0 spiro atoms. The van der Waals surface area contributed by atoms with E-state index in [1.54, 1.807) is 24.4 Å². The molecule has 1 aromatic heterocycles. The van der Waals surface area contributed by atoms with Crippen LogP contribution in [0.15, 0.2) is 34.9 Å². The first-order chi connectivity index (χ1) is 11.0. The van der Waals surface area contributed by atoms with Gasteiger partial charge in [0.15, 0.2) is 0 Å². The van der Waals surface area contributed by atoms with Crippen LogP contribution in [0, 0.1) is 6.92 Å². The lowest BCUT2D eigenvalue weighted by Crippen LogP contribution is -2.14. The maximum absolute atomic E-state index is 11.9. The summed E-state index contributed by atoms with van der Waals surface area (Å²) in [5.74, 6) is 0.990. The van der Waals surface area contributed by atoms with E-state index in [9.17, 15) is 4.79 Å². The predicted molar refractivity (Wildman–Crippen MR) is 96.5 cm³/mol. The van der Waals surface area contributed by atoms with Gasteiger partial charge in [0.05, 0.1) is 11.6 Å². The third-order valence-electron chi connectivity index (χ3n) is 3.01. The molecule has 0 radical (unpaired) electrons. The summed E-state index contributed by atoms with van der Waals surface area (Å²) >= 11 is 15.2. The summed E-state index contributed by atoms with van der Waals surface area (Å²) in [6.07, 6.45) is 2.57. The van der Waals surface area contributed by atoms with E-state index in [1.807, 2.05) is 13.0 Å². The van der Waals surface area contributed by atoms with Crippen LogP contribution in [-0.4, -0.2) is 17.5 Å². The number of nitrogens with one attached hydrogen (secondary N) is 1. The van der Waals surface area contributed by atoms with Gasteiger partial charge in [-0.3, -0.25) is 4.79 Å². The van der Waals surface area contributed by atoms with Crippen molar-refractivity contribution in [3.63, 3.8) is 0 Å². The highest BCUT2D eigenvalue weighted by atomic mass is 79.9. The van der Waals surface area contributed by atoms with E-state index in [-0.39, 0.29) is 5.91 Å². The van der Waals surface area contributed by atoms with Gasteiger partial charge in [-0.25, -0.2) is 4.98 Å². The zero-order chi connectivity index (χ0) is 16.8. The molecule has 0 atom stereocenters. The molecule has 0 unspecified atom stereocenters. The minimum atomic E-state index is -0.106. The lowest BCUT2D eigenvalue weighted by atomic mass is 10.3. The Hall–Kier alpha value is -1.30. The number of amides is 1. The molecular formula is C16H15BrCl2N2O2. The lowest BCUT2D eigenvalue weighted by Gasteiger charge is -2.09. The summed E-state index contributed by atoms with van der Waals surface area (Å²) in [7, 11) is 0. The SMILES string of the molecule is Cc1cc(NC(=O)CCCOc2ccc(Cl)cc2Cl)ncc1Br. The van der Waals surface area contributed by atoms with Gasteiger partial charge in [0.2, 0.25) is 5.91 Å². The Morgan fingerprint density at radius 3 is 2.83 bits per heavy atom. The summed E-state index contributed by atoms with van der Waals surface area (Å²) in [5, 5.41) is 3.77. The Balaban J connectivity index is 1.75. The Morgan fingerprint density at radius 2 is 2.13 bits per heavy atom. The van der Waals surface area contributed by atoms with Crippen LogP contribution in [0.2, 0.25) is 10.0 Å². The van der Waals surface area contributed by atoms with Crippen LogP contribution < -0.4 is 10.1 Å². The van der Waals surface area contributed by atoms with Crippen molar-refractivity contribution in [3.05, 3.63) is 50.5 Å². The summed E-state index contributed by atoms with van der Waals surface area (Å²) in [4.78, 5) is 16.0. The van der Waals surface area contributed by atoms with Crippen LogP contribution in [0.4, 0.5) is 5.82 Å². The fourth-order valence-corrected chi connectivity index (χ4v) is 2.50. The Bertz CT molecular complexity index is 710. The van der Waals surface area contributed by atoms with Crippen LogP contribution in [0.5, 0.6) is 5.75 Å². The molecule has 2 aromatic rings. The first kappa shape index (κ1) is 18.0. The van der Waals surface area contributed by atoms with E-state index in [4.69, 9.17) is 27.9 Å². The van der Waals surface area contributed by atoms with Crippen LogP contribution in [-0.2, 0) is 4.79 Å². The Morgan fingerprint density at radius 1 is 1.35 bits per heavy atom. The number of aromatic nitrogens is 1. The molecule has 7 heteroatoms. The monoisotopic (exact) mass is 416 g/mol. The van der Waals surface area contributed by atoms with E-state index < -0.39 is 0 Å². The number of halogens is 3. The third kappa shape index (κ3) is 5.68. The van der Waals surface area contributed by atoms with Gasteiger partial charge in [-0.2, -0.15) is 0 Å². The number of anilines is 1. The molecule has 1 aromatic carbocycles. The minimum Gasteiger partial charge on any atom is -0.492 e. The largest absolute Gasteiger partial charge is 0.492 e. The van der Waals surface area contributed by atoms with Crippen LogP contribution >= 0.6 is 39.1 Å². The maximum atomic E-state index is 11.9. The average Bonchev–Trinajstić information content (AvgIpc) is 2.49. The second kappa shape index (κ2) is 8.52. The number of aryl methyl sites for hydroxylation is 1. The molecule has 0 aliphatic heterocycles.